The molecule has 1 N–H and O–H groups in total. The van der Waals surface area contributed by atoms with E-state index in [2.05, 4.69) is 10.1 Å². The molecule has 1 aliphatic rings. The van der Waals surface area contributed by atoms with Crippen LogP contribution in [0.25, 0.3) is 11.0 Å². The third-order valence-electron chi connectivity index (χ3n) is 5.32. The molecule has 136 valence electrons. The van der Waals surface area contributed by atoms with Gasteiger partial charge in [-0.1, -0.05) is 17.3 Å². The summed E-state index contributed by atoms with van der Waals surface area (Å²) in [7, 11) is 0. The summed E-state index contributed by atoms with van der Waals surface area (Å²) in [6.07, 6.45) is 4.27. The molecule has 0 aliphatic carbocycles. The van der Waals surface area contributed by atoms with Crippen LogP contribution in [0.2, 0.25) is 0 Å². The first-order chi connectivity index (χ1) is 12.6. The lowest BCUT2D eigenvalue weighted by Gasteiger charge is -2.34. The minimum Gasteiger partial charge on any atom is -0.361 e. The topological polar surface area (TPSA) is 75.0 Å². The smallest absolute Gasteiger partial charge is 0.223 e. The minimum atomic E-state index is 0.0355. The van der Waals surface area contributed by atoms with Crippen molar-refractivity contribution in [3.8, 4) is 0 Å². The first-order valence-corrected chi connectivity index (χ1v) is 9.29. The molecule has 1 atom stereocenters. The molecule has 3 heterocycles. The van der Waals surface area contributed by atoms with Crippen molar-refractivity contribution in [1.29, 1.82) is 0 Å². The first kappa shape index (κ1) is 16.8. The van der Waals surface area contributed by atoms with Crippen LogP contribution in [0.4, 0.5) is 0 Å². The zero-order valence-electron chi connectivity index (χ0n) is 15.3. The largest absolute Gasteiger partial charge is 0.361 e. The van der Waals surface area contributed by atoms with Crippen LogP contribution >= 0.6 is 0 Å². The van der Waals surface area contributed by atoms with Crippen LogP contribution in [0.3, 0.4) is 0 Å². The molecular weight excluding hydrogens is 328 g/mol. The highest BCUT2D eigenvalue weighted by atomic mass is 16.5. The molecule has 4 rings (SSSR count). The van der Waals surface area contributed by atoms with E-state index in [0.717, 1.165) is 59.7 Å². The van der Waals surface area contributed by atoms with Gasteiger partial charge in [-0.25, -0.2) is 4.98 Å². The average molecular weight is 352 g/mol. The van der Waals surface area contributed by atoms with Gasteiger partial charge in [-0.15, -0.1) is 0 Å². The minimum absolute atomic E-state index is 0.0355. The van der Waals surface area contributed by atoms with Gasteiger partial charge in [-0.2, -0.15) is 0 Å². The first-order valence-electron chi connectivity index (χ1n) is 9.29. The fourth-order valence-electron chi connectivity index (χ4n) is 3.88. The molecule has 26 heavy (non-hydrogen) atoms. The van der Waals surface area contributed by atoms with Gasteiger partial charge in [0.25, 0.3) is 0 Å². The molecule has 3 aromatic rings. The van der Waals surface area contributed by atoms with Crippen LogP contribution < -0.4 is 0 Å². The average Bonchev–Trinajstić information content (AvgIpc) is 3.23. The molecule has 6 nitrogen and oxygen atoms in total. The van der Waals surface area contributed by atoms with Crippen molar-refractivity contribution in [2.75, 3.05) is 6.54 Å². The SMILES string of the molecule is Cc1noc(C)c1CCC(=O)N1CCCCC1c1nc2ccccc2[nH]1. The van der Waals surface area contributed by atoms with E-state index < -0.39 is 0 Å². The second-order valence-electron chi connectivity index (χ2n) is 7.04. The number of aryl methyl sites for hydroxylation is 2. The summed E-state index contributed by atoms with van der Waals surface area (Å²) < 4.78 is 5.21. The fourth-order valence-corrected chi connectivity index (χ4v) is 3.88. The van der Waals surface area contributed by atoms with Crippen LogP contribution in [0, 0.1) is 13.8 Å². The van der Waals surface area contributed by atoms with Gasteiger partial charge in [0.1, 0.15) is 11.6 Å². The van der Waals surface area contributed by atoms with Crippen molar-refractivity contribution in [2.45, 2.75) is 52.0 Å². The maximum Gasteiger partial charge on any atom is 0.223 e. The van der Waals surface area contributed by atoms with Crippen LogP contribution in [0.5, 0.6) is 0 Å². The number of nitrogens with one attached hydrogen (secondary N) is 1. The zero-order valence-corrected chi connectivity index (χ0v) is 15.3. The summed E-state index contributed by atoms with van der Waals surface area (Å²) in [5, 5.41) is 3.98. The van der Waals surface area contributed by atoms with Gasteiger partial charge in [0.05, 0.1) is 22.8 Å². The summed E-state index contributed by atoms with van der Waals surface area (Å²) in [6.45, 7) is 4.62. The normalized spacial score (nSPS) is 17.8. The van der Waals surface area contributed by atoms with Crippen molar-refractivity contribution in [3.05, 3.63) is 47.1 Å². The Hall–Kier alpha value is -2.63. The van der Waals surface area contributed by atoms with Gasteiger partial charge < -0.3 is 14.4 Å². The molecule has 1 fully saturated rings. The number of hydrogen-bond acceptors (Lipinski definition) is 4. The summed E-state index contributed by atoms with van der Waals surface area (Å²) >= 11 is 0. The Morgan fingerprint density at radius 1 is 1.31 bits per heavy atom. The lowest BCUT2D eigenvalue weighted by molar-refractivity contribution is -0.135. The highest BCUT2D eigenvalue weighted by Crippen LogP contribution is 2.31. The summed E-state index contributed by atoms with van der Waals surface area (Å²) in [4.78, 5) is 23.1. The highest BCUT2D eigenvalue weighted by Gasteiger charge is 2.30. The predicted octanol–water partition coefficient (Wildman–Crippen LogP) is 3.85. The molecule has 2 aromatic heterocycles. The second kappa shape index (κ2) is 6.94. The molecule has 0 saturated carbocycles. The van der Waals surface area contributed by atoms with E-state index in [1.165, 1.54) is 0 Å². The number of amides is 1. The van der Waals surface area contributed by atoms with Crippen LogP contribution in [-0.2, 0) is 11.2 Å². The van der Waals surface area contributed by atoms with Crippen LogP contribution in [0.15, 0.2) is 28.8 Å². The van der Waals surface area contributed by atoms with Crippen molar-refractivity contribution >= 4 is 16.9 Å². The number of nitrogens with zero attached hydrogens (tertiary/aromatic N) is 3. The van der Waals surface area contributed by atoms with Gasteiger partial charge in [0.15, 0.2) is 0 Å². The summed E-state index contributed by atoms with van der Waals surface area (Å²) in [6, 6.07) is 8.05. The number of carbonyl (C=O) groups is 1. The van der Waals surface area contributed by atoms with Gasteiger partial charge in [0.2, 0.25) is 5.91 Å². The zero-order chi connectivity index (χ0) is 18.1. The lowest BCUT2D eigenvalue weighted by atomic mass is 10.00. The Morgan fingerprint density at radius 3 is 2.92 bits per heavy atom. The number of likely N-dealkylation sites (tertiary alicyclic amines) is 1. The number of carbonyl (C=O) groups excluding carboxylic acids is 1. The number of aromatic amines is 1. The number of fused-ring (bicyclic) bond motifs is 1. The molecule has 6 heteroatoms. The van der Waals surface area contributed by atoms with Gasteiger partial charge in [0, 0.05) is 18.5 Å². The quantitative estimate of drug-likeness (QED) is 0.774. The van der Waals surface area contributed by atoms with E-state index in [4.69, 9.17) is 9.51 Å². The monoisotopic (exact) mass is 352 g/mol. The van der Waals surface area contributed by atoms with Crippen molar-refractivity contribution in [3.63, 3.8) is 0 Å². The van der Waals surface area contributed by atoms with Crippen molar-refractivity contribution in [1.82, 2.24) is 20.0 Å². The van der Waals surface area contributed by atoms with Crippen molar-refractivity contribution < 1.29 is 9.32 Å². The molecule has 0 bridgehead atoms. The Balaban J connectivity index is 1.52. The van der Waals surface area contributed by atoms with E-state index in [1.807, 2.05) is 43.0 Å². The number of hydrogen-bond donors (Lipinski definition) is 1. The summed E-state index contributed by atoms with van der Waals surface area (Å²) in [5.74, 6) is 1.88. The molecule has 1 unspecified atom stereocenters. The highest BCUT2D eigenvalue weighted by molar-refractivity contribution is 5.78. The number of H-pyrrole nitrogens is 1. The Bertz CT molecular complexity index is 874. The van der Waals surface area contributed by atoms with Gasteiger partial charge in [-0.05, 0) is 51.7 Å². The van der Waals surface area contributed by atoms with Crippen LogP contribution in [-0.4, -0.2) is 32.5 Å². The molecule has 0 spiro atoms. The maximum absolute atomic E-state index is 12.9. The third-order valence-corrected chi connectivity index (χ3v) is 5.32. The van der Waals surface area contributed by atoms with E-state index >= 15 is 0 Å². The number of para-hydroxylation sites is 2. The third kappa shape index (κ3) is 3.11. The molecule has 1 aliphatic heterocycles. The van der Waals surface area contributed by atoms with E-state index in [-0.39, 0.29) is 11.9 Å². The molecular formula is C20H24N4O2. The number of benzene rings is 1. The summed E-state index contributed by atoms with van der Waals surface area (Å²) in [5.41, 5.74) is 3.91. The van der Waals surface area contributed by atoms with E-state index in [1.54, 1.807) is 0 Å². The fraction of sp³-hybridized carbons (Fsp3) is 0.450. The number of aromatic nitrogens is 3. The Morgan fingerprint density at radius 2 is 2.15 bits per heavy atom. The number of rotatable bonds is 4. The molecule has 1 saturated heterocycles. The second-order valence-corrected chi connectivity index (χ2v) is 7.04. The number of imidazole rings is 1. The standard InChI is InChI=1S/C20H24N4O2/c1-13-15(14(2)26-23-13)10-11-19(25)24-12-6-5-9-18(24)20-21-16-7-3-4-8-17(16)22-20/h3-4,7-8,18H,5-6,9-12H2,1-2H3,(H,21,22). The molecule has 1 aromatic carbocycles. The molecule has 1 amide bonds. The Labute approximate surface area is 152 Å². The molecule has 0 radical (unpaired) electrons. The lowest BCUT2D eigenvalue weighted by Crippen LogP contribution is -2.39. The van der Waals surface area contributed by atoms with E-state index in [9.17, 15) is 4.79 Å². The van der Waals surface area contributed by atoms with Gasteiger partial charge in [-0.3, -0.25) is 4.79 Å². The predicted molar refractivity (Wildman–Crippen MR) is 98.7 cm³/mol. The Kier molecular flexibility index (Phi) is 4.49. The van der Waals surface area contributed by atoms with E-state index in [0.29, 0.717) is 12.8 Å². The number of piperidine rings is 1. The van der Waals surface area contributed by atoms with Gasteiger partial charge >= 0.3 is 0 Å². The van der Waals surface area contributed by atoms with Crippen LogP contribution in [0.1, 0.15) is 54.6 Å². The maximum atomic E-state index is 12.9. The van der Waals surface area contributed by atoms with Crippen molar-refractivity contribution in [2.24, 2.45) is 0 Å².